The lowest BCUT2D eigenvalue weighted by molar-refractivity contribution is 0.152. The van der Waals surface area contributed by atoms with Crippen LogP contribution < -0.4 is 11.1 Å². The van der Waals surface area contributed by atoms with Crippen molar-refractivity contribution < 1.29 is 0 Å². The number of aliphatic imine (C=N–C) groups is 1. The third-order valence-electron chi connectivity index (χ3n) is 5.11. The van der Waals surface area contributed by atoms with Gasteiger partial charge in [0.1, 0.15) is 0 Å². The number of guanidine groups is 1. The molecule has 4 nitrogen and oxygen atoms in total. The van der Waals surface area contributed by atoms with Crippen LogP contribution in [-0.2, 0) is 19.5 Å². The lowest BCUT2D eigenvalue weighted by Crippen LogP contribution is -2.37. The second-order valence-corrected chi connectivity index (χ2v) is 8.07. The molecule has 2 heterocycles. The van der Waals surface area contributed by atoms with E-state index in [9.17, 15) is 0 Å². The van der Waals surface area contributed by atoms with Crippen molar-refractivity contribution in [2.75, 3.05) is 13.1 Å². The molecule has 1 aliphatic rings. The maximum absolute atomic E-state index is 6.05. The number of piperidine rings is 1. The zero-order valence-electron chi connectivity index (χ0n) is 15.7. The van der Waals surface area contributed by atoms with Crippen LogP contribution in [0, 0.1) is 0 Å². The zero-order valence-corrected chi connectivity index (χ0v) is 16.5. The smallest absolute Gasteiger partial charge is 0.188 e. The molecule has 0 aliphatic carbocycles. The molecule has 1 fully saturated rings. The van der Waals surface area contributed by atoms with E-state index in [0.717, 1.165) is 19.5 Å². The summed E-state index contributed by atoms with van der Waals surface area (Å²) in [7, 11) is 0. The van der Waals surface area contributed by atoms with Gasteiger partial charge in [-0.3, -0.25) is 4.90 Å². The molecule has 0 radical (unpaired) electrons. The average Bonchev–Trinajstić information content (AvgIpc) is 3.16. The van der Waals surface area contributed by atoms with E-state index >= 15 is 0 Å². The van der Waals surface area contributed by atoms with E-state index < -0.39 is 0 Å². The molecule has 1 aromatic heterocycles. The number of thiophene rings is 1. The van der Waals surface area contributed by atoms with Crippen molar-refractivity contribution >= 4 is 17.3 Å². The number of hydrogen-bond donors (Lipinski definition) is 2. The molecular formula is C21H30N4S. The van der Waals surface area contributed by atoms with E-state index in [1.807, 2.05) is 0 Å². The van der Waals surface area contributed by atoms with E-state index in [1.165, 1.54) is 41.8 Å². The van der Waals surface area contributed by atoms with Gasteiger partial charge in [-0.2, -0.15) is 0 Å². The Balaban J connectivity index is 1.53. The summed E-state index contributed by atoms with van der Waals surface area (Å²) in [5.41, 5.74) is 8.69. The third-order valence-corrected chi connectivity index (χ3v) is 6.05. The number of nitrogens with zero attached hydrogens (tertiary/aromatic N) is 2. The molecule has 2 aromatic rings. The van der Waals surface area contributed by atoms with E-state index in [4.69, 9.17) is 5.73 Å². The van der Waals surface area contributed by atoms with Crippen LogP contribution in [-0.4, -0.2) is 30.0 Å². The molecular weight excluding hydrogens is 340 g/mol. The Hall–Kier alpha value is -1.85. The number of nitrogens with two attached hydrogens (primary N) is 1. The second-order valence-electron chi connectivity index (χ2n) is 7.04. The minimum atomic E-state index is 0.530. The van der Waals surface area contributed by atoms with Gasteiger partial charge in [0.15, 0.2) is 5.96 Å². The molecule has 5 heteroatoms. The van der Waals surface area contributed by atoms with Crippen LogP contribution in [0.4, 0.5) is 0 Å². The molecule has 0 amide bonds. The Morgan fingerprint density at radius 1 is 1.23 bits per heavy atom. The van der Waals surface area contributed by atoms with Crippen molar-refractivity contribution in [3.63, 3.8) is 0 Å². The molecule has 1 unspecified atom stereocenters. The number of rotatable bonds is 7. The first-order valence-electron chi connectivity index (χ1n) is 9.59. The maximum atomic E-state index is 6.05. The van der Waals surface area contributed by atoms with Crippen molar-refractivity contribution in [1.82, 2.24) is 10.2 Å². The summed E-state index contributed by atoms with van der Waals surface area (Å²) in [6, 6.07) is 13.5. The van der Waals surface area contributed by atoms with Crippen LogP contribution in [0.5, 0.6) is 0 Å². The van der Waals surface area contributed by atoms with Crippen LogP contribution in [0.1, 0.15) is 42.2 Å². The molecule has 3 N–H and O–H groups in total. The van der Waals surface area contributed by atoms with E-state index in [2.05, 4.69) is 63.9 Å². The van der Waals surface area contributed by atoms with Crippen LogP contribution >= 0.6 is 11.3 Å². The van der Waals surface area contributed by atoms with Crippen LogP contribution in [0.3, 0.4) is 0 Å². The van der Waals surface area contributed by atoms with Gasteiger partial charge in [-0.25, -0.2) is 4.99 Å². The lowest BCUT2D eigenvalue weighted by Gasteiger charge is -2.33. The van der Waals surface area contributed by atoms with Gasteiger partial charge >= 0.3 is 0 Å². The zero-order chi connectivity index (χ0) is 18.2. The van der Waals surface area contributed by atoms with E-state index in [0.29, 0.717) is 18.5 Å². The SMILES string of the molecule is CC1CCCCN1Cc1ccccc1CN=C(N)NCCc1cccs1. The highest BCUT2D eigenvalue weighted by molar-refractivity contribution is 7.09. The van der Waals surface area contributed by atoms with Gasteiger partial charge in [0.2, 0.25) is 0 Å². The third kappa shape index (κ3) is 5.58. The summed E-state index contributed by atoms with van der Waals surface area (Å²) in [6.07, 6.45) is 4.96. The highest BCUT2D eigenvalue weighted by Gasteiger charge is 2.18. The molecule has 3 rings (SSSR count). The largest absolute Gasteiger partial charge is 0.370 e. The summed E-state index contributed by atoms with van der Waals surface area (Å²) >= 11 is 1.78. The number of benzene rings is 1. The van der Waals surface area contributed by atoms with E-state index in [1.54, 1.807) is 11.3 Å². The Bertz CT molecular complexity index is 696. The minimum absolute atomic E-state index is 0.530. The molecule has 1 atom stereocenters. The fourth-order valence-corrected chi connectivity index (χ4v) is 4.18. The monoisotopic (exact) mass is 370 g/mol. The van der Waals surface area contributed by atoms with Crippen molar-refractivity contribution in [3.8, 4) is 0 Å². The number of nitrogens with one attached hydrogen (secondary N) is 1. The van der Waals surface area contributed by atoms with Crippen LogP contribution in [0.2, 0.25) is 0 Å². The normalized spacial score (nSPS) is 18.8. The highest BCUT2D eigenvalue weighted by atomic mass is 32.1. The summed E-state index contributed by atoms with van der Waals surface area (Å²) in [4.78, 5) is 8.51. The van der Waals surface area contributed by atoms with Crippen molar-refractivity contribution in [2.45, 2.75) is 51.7 Å². The molecule has 0 spiro atoms. The highest BCUT2D eigenvalue weighted by Crippen LogP contribution is 2.21. The van der Waals surface area contributed by atoms with Gasteiger partial charge in [0.05, 0.1) is 6.54 Å². The first kappa shape index (κ1) is 18.9. The van der Waals surface area contributed by atoms with Crippen molar-refractivity contribution in [1.29, 1.82) is 0 Å². The number of hydrogen-bond acceptors (Lipinski definition) is 3. The predicted molar refractivity (Wildman–Crippen MR) is 112 cm³/mol. The van der Waals surface area contributed by atoms with Crippen LogP contribution in [0.25, 0.3) is 0 Å². The quantitative estimate of drug-likeness (QED) is 0.576. The topological polar surface area (TPSA) is 53.6 Å². The second kappa shape index (κ2) is 9.74. The van der Waals surface area contributed by atoms with Gasteiger partial charge in [-0.1, -0.05) is 36.8 Å². The first-order valence-corrected chi connectivity index (χ1v) is 10.5. The van der Waals surface area contributed by atoms with Gasteiger partial charge in [0, 0.05) is 24.0 Å². The standard InChI is InChI=1S/C21H30N4S/c1-17-7-4-5-13-25(17)16-19-9-3-2-8-18(19)15-24-21(22)23-12-11-20-10-6-14-26-20/h2-3,6,8-10,14,17H,4-5,7,11-13,15-16H2,1H3,(H3,22,23,24). The Morgan fingerprint density at radius 3 is 2.85 bits per heavy atom. The van der Waals surface area contributed by atoms with Gasteiger partial charge < -0.3 is 11.1 Å². The molecule has 140 valence electrons. The van der Waals surface area contributed by atoms with Crippen molar-refractivity contribution in [3.05, 3.63) is 57.8 Å². The fraction of sp³-hybridized carbons (Fsp3) is 0.476. The van der Waals surface area contributed by atoms with Gasteiger partial charge in [0.25, 0.3) is 0 Å². The molecule has 1 aliphatic heterocycles. The summed E-state index contributed by atoms with van der Waals surface area (Å²) in [5.74, 6) is 0.530. The summed E-state index contributed by atoms with van der Waals surface area (Å²) < 4.78 is 0. The Labute approximate surface area is 161 Å². The van der Waals surface area contributed by atoms with E-state index in [-0.39, 0.29) is 0 Å². The molecule has 1 saturated heterocycles. The minimum Gasteiger partial charge on any atom is -0.370 e. The maximum Gasteiger partial charge on any atom is 0.188 e. The van der Waals surface area contributed by atoms with Gasteiger partial charge in [-0.15, -0.1) is 11.3 Å². The molecule has 26 heavy (non-hydrogen) atoms. The summed E-state index contributed by atoms with van der Waals surface area (Å²) in [5, 5.41) is 5.33. The first-order chi connectivity index (χ1) is 12.7. The van der Waals surface area contributed by atoms with Gasteiger partial charge in [-0.05, 0) is 55.3 Å². The molecule has 1 aromatic carbocycles. The lowest BCUT2D eigenvalue weighted by atomic mass is 10.0. The summed E-state index contributed by atoms with van der Waals surface area (Å²) in [6.45, 7) is 6.01. The number of likely N-dealkylation sites (tertiary alicyclic amines) is 1. The molecule has 0 saturated carbocycles. The predicted octanol–water partition coefficient (Wildman–Crippen LogP) is 3.77. The fourth-order valence-electron chi connectivity index (χ4n) is 3.47. The van der Waals surface area contributed by atoms with Crippen molar-refractivity contribution in [2.24, 2.45) is 10.7 Å². The average molecular weight is 371 g/mol. The Kier molecular flexibility index (Phi) is 7.09. The van der Waals surface area contributed by atoms with Crippen LogP contribution in [0.15, 0.2) is 46.8 Å². The molecule has 0 bridgehead atoms. The Morgan fingerprint density at radius 2 is 2.08 bits per heavy atom.